The van der Waals surface area contributed by atoms with Gasteiger partial charge in [-0.2, -0.15) is 0 Å². The van der Waals surface area contributed by atoms with Crippen LogP contribution >= 0.6 is 11.6 Å². The molecule has 0 atom stereocenters. The van der Waals surface area contributed by atoms with E-state index in [1.807, 2.05) is 30.3 Å². The quantitative estimate of drug-likeness (QED) is 0.669. The van der Waals surface area contributed by atoms with Gasteiger partial charge in [0, 0.05) is 23.6 Å². The number of anilines is 1. The number of amides is 1. The summed E-state index contributed by atoms with van der Waals surface area (Å²) in [6.45, 7) is 2.07. The van der Waals surface area contributed by atoms with Crippen molar-refractivity contribution in [3.8, 4) is 0 Å². The number of oxazole rings is 1. The molecule has 3 aromatic rings. The average Bonchev–Trinajstić information content (AvgIpc) is 2.96. The standard InChI is InChI=1S/C19H19ClN2O2/c1-2-3-4-18(23)21-15-8-5-13(6-9-15)11-19-22-16-12-14(20)7-10-17(16)24-19/h5-10,12H,2-4,11H2,1H3,(H,21,23). The van der Waals surface area contributed by atoms with Gasteiger partial charge in [0.25, 0.3) is 0 Å². The third-order valence-corrected chi connectivity index (χ3v) is 3.98. The maximum absolute atomic E-state index is 11.7. The average molecular weight is 343 g/mol. The smallest absolute Gasteiger partial charge is 0.224 e. The summed E-state index contributed by atoms with van der Waals surface area (Å²) in [4.78, 5) is 16.2. The van der Waals surface area contributed by atoms with Crippen LogP contribution in [0.15, 0.2) is 46.9 Å². The lowest BCUT2D eigenvalue weighted by molar-refractivity contribution is -0.116. The summed E-state index contributed by atoms with van der Waals surface area (Å²) in [5, 5.41) is 3.55. The second kappa shape index (κ2) is 7.49. The van der Waals surface area contributed by atoms with Gasteiger partial charge >= 0.3 is 0 Å². The van der Waals surface area contributed by atoms with E-state index in [2.05, 4.69) is 17.2 Å². The van der Waals surface area contributed by atoms with E-state index in [4.69, 9.17) is 16.0 Å². The topological polar surface area (TPSA) is 55.1 Å². The second-order valence-corrected chi connectivity index (χ2v) is 6.18. The third kappa shape index (κ3) is 4.15. The SMILES string of the molecule is CCCCC(=O)Nc1ccc(Cc2nc3cc(Cl)ccc3o2)cc1. The Morgan fingerprint density at radius 3 is 2.75 bits per heavy atom. The molecule has 124 valence electrons. The monoisotopic (exact) mass is 342 g/mol. The highest BCUT2D eigenvalue weighted by molar-refractivity contribution is 6.31. The summed E-state index contributed by atoms with van der Waals surface area (Å²) in [5.74, 6) is 0.701. The molecule has 0 aliphatic carbocycles. The van der Waals surface area contributed by atoms with Crippen molar-refractivity contribution in [2.24, 2.45) is 0 Å². The van der Waals surface area contributed by atoms with Crippen LogP contribution in [0.2, 0.25) is 5.02 Å². The van der Waals surface area contributed by atoms with Gasteiger partial charge < -0.3 is 9.73 Å². The molecular weight excluding hydrogens is 324 g/mol. The molecule has 0 aliphatic heterocycles. The highest BCUT2D eigenvalue weighted by Crippen LogP contribution is 2.22. The van der Waals surface area contributed by atoms with Crippen LogP contribution < -0.4 is 5.32 Å². The molecule has 1 aromatic heterocycles. The zero-order valence-corrected chi connectivity index (χ0v) is 14.3. The molecule has 0 saturated heterocycles. The summed E-state index contributed by atoms with van der Waals surface area (Å²) < 4.78 is 5.73. The molecule has 24 heavy (non-hydrogen) atoms. The summed E-state index contributed by atoms with van der Waals surface area (Å²) >= 11 is 5.96. The van der Waals surface area contributed by atoms with Crippen molar-refractivity contribution >= 4 is 34.3 Å². The molecule has 0 unspecified atom stereocenters. The Morgan fingerprint density at radius 2 is 2.00 bits per heavy atom. The molecule has 0 fully saturated rings. The van der Waals surface area contributed by atoms with Crippen LogP contribution in [-0.2, 0) is 11.2 Å². The number of hydrogen-bond donors (Lipinski definition) is 1. The lowest BCUT2D eigenvalue weighted by Crippen LogP contribution is -2.10. The van der Waals surface area contributed by atoms with Crippen molar-refractivity contribution in [2.75, 3.05) is 5.32 Å². The number of benzene rings is 2. The number of unbranched alkanes of at least 4 members (excludes halogenated alkanes) is 1. The fourth-order valence-corrected chi connectivity index (χ4v) is 2.63. The van der Waals surface area contributed by atoms with Crippen molar-refractivity contribution < 1.29 is 9.21 Å². The van der Waals surface area contributed by atoms with E-state index in [0.29, 0.717) is 23.8 Å². The molecular formula is C19H19ClN2O2. The van der Waals surface area contributed by atoms with Crippen LogP contribution in [0, 0.1) is 0 Å². The van der Waals surface area contributed by atoms with Gasteiger partial charge in [-0.15, -0.1) is 0 Å². The van der Waals surface area contributed by atoms with Gasteiger partial charge in [0.15, 0.2) is 11.5 Å². The third-order valence-electron chi connectivity index (χ3n) is 3.74. The molecule has 0 saturated carbocycles. The number of aromatic nitrogens is 1. The Bertz CT molecular complexity index is 840. The molecule has 3 rings (SSSR count). The van der Waals surface area contributed by atoms with Gasteiger partial charge in [-0.1, -0.05) is 37.1 Å². The highest BCUT2D eigenvalue weighted by atomic mass is 35.5. The van der Waals surface area contributed by atoms with E-state index in [9.17, 15) is 4.79 Å². The Morgan fingerprint density at radius 1 is 1.21 bits per heavy atom. The Labute approximate surface area is 145 Å². The summed E-state index contributed by atoms with van der Waals surface area (Å²) in [7, 11) is 0. The number of hydrogen-bond acceptors (Lipinski definition) is 3. The molecule has 5 heteroatoms. The van der Waals surface area contributed by atoms with Gasteiger partial charge in [0.2, 0.25) is 5.91 Å². The van der Waals surface area contributed by atoms with Crippen LogP contribution in [0.25, 0.3) is 11.1 Å². The van der Waals surface area contributed by atoms with E-state index in [-0.39, 0.29) is 5.91 Å². The first-order chi connectivity index (χ1) is 11.6. The van der Waals surface area contributed by atoms with Gasteiger partial charge in [-0.25, -0.2) is 4.98 Å². The number of halogens is 1. The van der Waals surface area contributed by atoms with Crippen molar-refractivity contribution in [1.29, 1.82) is 0 Å². The van der Waals surface area contributed by atoms with Crippen molar-refractivity contribution in [2.45, 2.75) is 32.6 Å². The van der Waals surface area contributed by atoms with E-state index >= 15 is 0 Å². The first kappa shape index (κ1) is 16.5. The van der Waals surface area contributed by atoms with E-state index in [0.717, 1.165) is 35.2 Å². The van der Waals surface area contributed by atoms with Crippen LogP contribution in [0.1, 0.15) is 37.6 Å². The maximum atomic E-state index is 11.7. The van der Waals surface area contributed by atoms with Crippen LogP contribution in [-0.4, -0.2) is 10.9 Å². The van der Waals surface area contributed by atoms with Gasteiger partial charge in [-0.3, -0.25) is 4.79 Å². The highest BCUT2D eigenvalue weighted by Gasteiger charge is 2.08. The minimum absolute atomic E-state index is 0.0560. The summed E-state index contributed by atoms with van der Waals surface area (Å²) in [6.07, 6.45) is 3.08. The summed E-state index contributed by atoms with van der Waals surface area (Å²) in [5.41, 5.74) is 3.37. The Kier molecular flexibility index (Phi) is 5.16. The van der Waals surface area contributed by atoms with E-state index in [1.165, 1.54) is 0 Å². The molecule has 4 nitrogen and oxygen atoms in total. The minimum Gasteiger partial charge on any atom is -0.440 e. The number of fused-ring (bicyclic) bond motifs is 1. The molecule has 2 aromatic carbocycles. The van der Waals surface area contributed by atoms with Gasteiger partial charge in [0.1, 0.15) is 5.52 Å². The maximum Gasteiger partial charge on any atom is 0.224 e. The predicted molar refractivity (Wildman–Crippen MR) is 96.4 cm³/mol. The molecule has 0 radical (unpaired) electrons. The number of rotatable bonds is 6. The predicted octanol–water partition coefficient (Wildman–Crippen LogP) is 5.20. The number of carbonyl (C=O) groups excluding carboxylic acids is 1. The van der Waals surface area contributed by atoms with Gasteiger partial charge in [0.05, 0.1) is 0 Å². The molecule has 1 heterocycles. The molecule has 0 bridgehead atoms. The zero-order chi connectivity index (χ0) is 16.9. The van der Waals surface area contributed by atoms with E-state index < -0.39 is 0 Å². The first-order valence-electron chi connectivity index (χ1n) is 8.08. The second-order valence-electron chi connectivity index (χ2n) is 5.75. The Balaban J connectivity index is 1.65. The normalized spacial score (nSPS) is 10.9. The first-order valence-corrected chi connectivity index (χ1v) is 8.45. The number of nitrogens with zero attached hydrogens (tertiary/aromatic N) is 1. The van der Waals surface area contributed by atoms with Crippen LogP contribution in [0.5, 0.6) is 0 Å². The van der Waals surface area contributed by atoms with Crippen molar-refractivity contribution in [3.63, 3.8) is 0 Å². The zero-order valence-electron chi connectivity index (χ0n) is 13.5. The number of nitrogens with one attached hydrogen (secondary N) is 1. The fraction of sp³-hybridized carbons (Fsp3) is 0.263. The van der Waals surface area contributed by atoms with Crippen LogP contribution in [0.4, 0.5) is 5.69 Å². The molecule has 1 N–H and O–H groups in total. The van der Waals surface area contributed by atoms with Gasteiger partial charge in [-0.05, 0) is 42.3 Å². The summed E-state index contributed by atoms with van der Waals surface area (Å²) in [6, 6.07) is 13.1. The van der Waals surface area contributed by atoms with Crippen molar-refractivity contribution in [3.05, 3.63) is 58.9 Å². The Hall–Kier alpha value is -2.33. The van der Waals surface area contributed by atoms with Crippen molar-refractivity contribution in [1.82, 2.24) is 4.98 Å². The van der Waals surface area contributed by atoms with Crippen LogP contribution in [0.3, 0.4) is 0 Å². The van der Waals surface area contributed by atoms with E-state index in [1.54, 1.807) is 12.1 Å². The molecule has 1 amide bonds. The molecule has 0 aliphatic rings. The largest absolute Gasteiger partial charge is 0.440 e. The lowest BCUT2D eigenvalue weighted by atomic mass is 10.1. The number of carbonyl (C=O) groups is 1. The fourth-order valence-electron chi connectivity index (χ4n) is 2.47. The minimum atomic E-state index is 0.0560. The lowest BCUT2D eigenvalue weighted by Gasteiger charge is -2.05. The molecule has 0 spiro atoms.